The number of hydrogen-bond donors (Lipinski definition) is 1. The highest BCUT2D eigenvalue weighted by molar-refractivity contribution is 5.77. The average molecular weight is 370 g/mol. The number of amides is 1. The Morgan fingerprint density at radius 1 is 1.48 bits per heavy atom. The van der Waals surface area contributed by atoms with Gasteiger partial charge in [-0.25, -0.2) is 14.6 Å². The number of aromatic amines is 1. The summed E-state index contributed by atoms with van der Waals surface area (Å²) in [5.74, 6) is 0.780. The number of aryl methyl sites for hydroxylation is 1. The molecule has 2 aromatic heterocycles. The number of carbonyl (C=O) groups is 1. The molecule has 1 aliphatic carbocycles. The van der Waals surface area contributed by atoms with E-state index in [9.17, 15) is 9.59 Å². The van der Waals surface area contributed by atoms with Crippen molar-refractivity contribution in [3.63, 3.8) is 0 Å². The van der Waals surface area contributed by atoms with Crippen LogP contribution in [0.5, 0.6) is 0 Å². The molecule has 0 saturated carbocycles. The van der Waals surface area contributed by atoms with E-state index in [1.807, 2.05) is 18.7 Å². The van der Waals surface area contributed by atoms with Gasteiger partial charge < -0.3 is 9.88 Å². The molecule has 8 heteroatoms. The van der Waals surface area contributed by atoms with Crippen LogP contribution in [-0.2, 0) is 16.6 Å². The molecule has 3 atom stereocenters. The Bertz CT molecular complexity index is 905. The first kappa shape index (κ1) is 17.9. The van der Waals surface area contributed by atoms with E-state index in [4.69, 9.17) is 4.98 Å². The van der Waals surface area contributed by atoms with Gasteiger partial charge in [-0.1, -0.05) is 6.92 Å². The summed E-state index contributed by atoms with van der Waals surface area (Å²) in [7, 11) is 0. The first-order valence-corrected chi connectivity index (χ1v) is 9.64. The minimum atomic E-state index is -0.267. The van der Waals surface area contributed by atoms with Gasteiger partial charge >= 0.3 is 0 Å². The Morgan fingerprint density at radius 2 is 2.30 bits per heavy atom. The zero-order valence-electron chi connectivity index (χ0n) is 16.1. The first-order chi connectivity index (χ1) is 12.9. The number of fused-ring (bicyclic) bond motifs is 3. The summed E-state index contributed by atoms with van der Waals surface area (Å²) in [5, 5.41) is 4.15. The van der Waals surface area contributed by atoms with Crippen molar-refractivity contribution >= 4 is 5.91 Å². The van der Waals surface area contributed by atoms with Crippen LogP contribution in [0, 0.1) is 6.92 Å². The number of carbonyl (C=O) groups excluding carboxylic acids is 1. The summed E-state index contributed by atoms with van der Waals surface area (Å²) in [6.07, 6.45) is 6.87. The maximum absolute atomic E-state index is 13.1. The number of nitrogens with one attached hydrogen (secondary N) is 1. The van der Waals surface area contributed by atoms with Gasteiger partial charge in [0.2, 0.25) is 5.91 Å². The van der Waals surface area contributed by atoms with Gasteiger partial charge in [0, 0.05) is 30.0 Å². The third kappa shape index (κ3) is 2.96. The molecule has 0 spiro atoms. The molecule has 27 heavy (non-hydrogen) atoms. The second kappa shape index (κ2) is 6.58. The Balaban J connectivity index is 1.62. The van der Waals surface area contributed by atoms with Crippen molar-refractivity contribution in [2.75, 3.05) is 6.54 Å². The van der Waals surface area contributed by atoms with Gasteiger partial charge in [0.15, 0.2) is 0 Å². The lowest BCUT2D eigenvalue weighted by Crippen LogP contribution is -2.58. The van der Waals surface area contributed by atoms with Gasteiger partial charge in [0.1, 0.15) is 18.5 Å². The average Bonchev–Trinajstić information content (AvgIpc) is 3.15. The fourth-order valence-electron chi connectivity index (χ4n) is 4.84. The van der Waals surface area contributed by atoms with E-state index in [2.05, 4.69) is 22.0 Å². The predicted octanol–water partition coefficient (Wildman–Crippen LogP) is 1.52. The molecule has 0 radical (unpaired) electrons. The Kier molecular flexibility index (Phi) is 4.36. The topological polar surface area (TPSA) is 96.8 Å². The van der Waals surface area contributed by atoms with Gasteiger partial charge in [-0.3, -0.25) is 9.59 Å². The maximum Gasteiger partial charge on any atom is 0.254 e. The van der Waals surface area contributed by atoms with E-state index in [-0.39, 0.29) is 29.0 Å². The molecule has 1 N–H and O–H groups in total. The van der Waals surface area contributed by atoms with Crippen LogP contribution in [0.15, 0.2) is 17.4 Å². The zero-order valence-corrected chi connectivity index (χ0v) is 16.1. The number of aromatic nitrogens is 5. The molecule has 0 aromatic carbocycles. The van der Waals surface area contributed by atoms with Gasteiger partial charge in [0.05, 0.1) is 11.7 Å². The molecule has 4 rings (SSSR count). The molecule has 2 aliphatic rings. The smallest absolute Gasteiger partial charge is 0.254 e. The number of hydrogen-bond acceptors (Lipinski definition) is 5. The van der Waals surface area contributed by atoms with E-state index in [0.717, 1.165) is 37.1 Å². The minimum Gasteiger partial charge on any atom is -0.339 e. The third-order valence-electron chi connectivity index (χ3n) is 6.23. The van der Waals surface area contributed by atoms with Gasteiger partial charge in [-0.2, -0.15) is 5.10 Å². The van der Waals surface area contributed by atoms with Crippen LogP contribution < -0.4 is 5.56 Å². The molecule has 1 saturated heterocycles. The third-order valence-corrected chi connectivity index (χ3v) is 6.23. The number of H-pyrrole nitrogens is 1. The van der Waals surface area contributed by atoms with Crippen molar-refractivity contribution in [3.05, 3.63) is 40.1 Å². The molecule has 2 unspecified atom stereocenters. The van der Waals surface area contributed by atoms with Crippen molar-refractivity contribution in [1.29, 1.82) is 0 Å². The zero-order chi connectivity index (χ0) is 19.2. The molecule has 0 bridgehead atoms. The largest absolute Gasteiger partial charge is 0.339 e. The molecule has 1 aliphatic heterocycles. The summed E-state index contributed by atoms with van der Waals surface area (Å²) in [6, 6.07) is 0.0511. The SMILES string of the molecule is Cc1nc2c(c(=O)[nH]1)CCC1N(C(=O)CC(C)n3cncn3)CCC[C@@]21C. The molecule has 1 amide bonds. The number of nitrogens with zero attached hydrogens (tertiary/aromatic N) is 5. The Labute approximate surface area is 158 Å². The standard InChI is InChI=1S/C19H26N6O2/c1-12(25-11-20-10-21-25)9-16(26)24-8-4-7-19(3)15(24)6-5-14-17(19)22-13(2)23-18(14)27/h10-12,15H,4-9H2,1-3H3,(H,22,23,27)/t12?,15?,19-/m1/s1. The van der Waals surface area contributed by atoms with E-state index in [1.54, 1.807) is 11.0 Å². The molecule has 8 nitrogen and oxygen atoms in total. The van der Waals surface area contributed by atoms with Crippen molar-refractivity contribution in [3.8, 4) is 0 Å². The van der Waals surface area contributed by atoms with Gasteiger partial charge in [0.25, 0.3) is 5.56 Å². The van der Waals surface area contributed by atoms with Crippen LogP contribution in [0.3, 0.4) is 0 Å². The molecule has 3 heterocycles. The predicted molar refractivity (Wildman–Crippen MR) is 99.4 cm³/mol. The molecule has 2 aromatic rings. The maximum atomic E-state index is 13.1. The highest BCUT2D eigenvalue weighted by Gasteiger charge is 2.48. The van der Waals surface area contributed by atoms with E-state index >= 15 is 0 Å². The molecular formula is C19H26N6O2. The van der Waals surface area contributed by atoms with Crippen molar-refractivity contribution < 1.29 is 4.79 Å². The summed E-state index contributed by atoms with van der Waals surface area (Å²) in [5.41, 5.74) is 1.39. The first-order valence-electron chi connectivity index (χ1n) is 9.64. The van der Waals surface area contributed by atoms with E-state index < -0.39 is 0 Å². The summed E-state index contributed by atoms with van der Waals surface area (Å²) < 4.78 is 1.72. The summed E-state index contributed by atoms with van der Waals surface area (Å²) in [6.45, 7) is 6.74. The van der Waals surface area contributed by atoms with Crippen LogP contribution in [0.1, 0.15) is 62.7 Å². The van der Waals surface area contributed by atoms with Gasteiger partial charge in [-0.05, 0) is 39.5 Å². The fraction of sp³-hybridized carbons (Fsp3) is 0.632. The van der Waals surface area contributed by atoms with E-state index in [0.29, 0.717) is 18.7 Å². The normalized spacial score (nSPS) is 25.6. The molecule has 1 fully saturated rings. The quantitative estimate of drug-likeness (QED) is 0.883. The monoisotopic (exact) mass is 370 g/mol. The number of rotatable bonds is 3. The molecule has 144 valence electrons. The van der Waals surface area contributed by atoms with Crippen molar-refractivity contribution in [2.24, 2.45) is 0 Å². The van der Waals surface area contributed by atoms with Crippen LogP contribution in [-0.4, -0.2) is 48.1 Å². The highest BCUT2D eigenvalue weighted by atomic mass is 16.2. The Morgan fingerprint density at radius 3 is 3.04 bits per heavy atom. The fourth-order valence-corrected chi connectivity index (χ4v) is 4.84. The van der Waals surface area contributed by atoms with Crippen LogP contribution >= 0.6 is 0 Å². The molecular weight excluding hydrogens is 344 g/mol. The summed E-state index contributed by atoms with van der Waals surface area (Å²) >= 11 is 0. The Hall–Kier alpha value is -2.51. The van der Waals surface area contributed by atoms with Crippen LogP contribution in [0.4, 0.5) is 0 Å². The lowest BCUT2D eigenvalue weighted by atomic mass is 9.65. The van der Waals surface area contributed by atoms with Crippen LogP contribution in [0.2, 0.25) is 0 Å². The highest BCUT2D eigenvalue weighted by Crippen LogP contribution is 2.44. The second-order valence-electron chi connectivity index (χ2n) is 8.07. The number of piperidine rings is 1. The van der Waals surface area contributed by atoms with Crippen molar-refractivity contribution in [2.45, 2.75) is 70.4 Å². The van der Waals surface area contributed by atoms with Crippen LogP contribution in [0.25, 0.3) is 0 Å². The number of likely N-dealkylation sites (tertiary alicyclic amines) is 1. The lowest BCUT2D eigenvalue weighted by molar-refractivity contribution is -0.138. The minimum absolute atomic E-state index is 0.0274. The lowest BCUT2D eigenvalue weighted by Gasteiger charge is -2.51. The van der Waals surface area contributed by atoms with Crippen molar-refractivity contribution in [1.82, 2.24) is 29.6 Å². The van der Waals surface area contributed by atoms with E-state index in [1.165, 1.54) is 6.33 Å². The summed E-state index contributed by atoms with van der Waals surface area (Å²) in [4.78, 5) is 39.1. The second-order valence-corrected chi connectivity index (χ2v) is 8.07. The van der Waals surface area contributed by atoms with Gasteiger partial charge in [-0.15, -0.1) is 0 Å².